The molecule has 1 aliphatic rings. The van der Waals surface area contributed by atoms with Gasteiger partial charge in [0.2, 0.25) is 5.13 Å². The van der Waals surface area contributed by atoms with Gasteiger partial charge in [-0.15, -0.1) is 10.2 Å². The van der Waals surface area contributed by atoms with Crippen LogP contribution in [0.5, 0.6) is 17.2 Å². The highest BCUT2D eigenvalue weighted by Gasteiger charge is 2.48. The van der Waals surface area contributed by atoms with Gasteiger partial charge in [-0.3, -0.25) is 14.5 Å². The van der Waals surface area contributed by atoms with Gasteiger partial charge in [0.05, 0.1) is 25.3 Å². The Morgan fingerprint density at radius 1 is 0.902 bits per heavy atom. The maximum Gasteiger partial charge on any atom is 0.301 e. The van der Waals surface area contributed by atoms with E-state index in [1.165, 1.54) is 35.1 Å². The van der Waals surface area contributed by atoms with Crippen LogP contribution in [0.2, 0.25) is 0 Å². The monoisotopic (exact) mass is 721 g/mol. The molecule has 51 heavy (non-hydrogen) atoms. The molecule has 262 valence electrons. The molecular formula is C40H39N3O6S2. The molecule has 0 saturated carbocycles. The standard InChI is InChI=1S/C40H39N3O6S2/c1-25(2)19-20-48-32-18-15-30(22-33(32)47-4)35-34(36(44)29-13-16-31(17-14-29)49-23-28-12-8-9-26(3)21-28)37(45)38(46)43(35)39-41-42-40(51-39)50-24-27-10-6-5-7-11-27/h5-18,21-22,25,35,44H,19-20,23-24H2,1-4H3. The first-order valence-corrected chi connectivity index (χ1v) is 18.4. The zero-order valence-corrected chi connectivity index (χ0v) is 30.5. The number of nitrogens with zero attached hydrogens (tertiary/aromatic N) is 3. The van der Waals surface area contributed by atoms with Crippen LogP contribution in [0.1, 0.15) is 54.1 Å². The number of thioether (sulfide) groups is 1. The molecule has 6 rings (SSSR count). The van der Waals surface area contributed by atoms with E-state index in [0.29, 0.717) is 57.6 Å². The molecule has 0 bridgehead atoms. The quantitative estimate of drug-likeness (QED) is 0.0396. The van der Waals surface area contributed by atoms with Crippen molar-refractivity contribution in [2.75, 3.05) is 18.6 Å². The smallest absolute Gasteiger partial charge is 0.301 e. The van der Waals surface area contributed by atoms with Crippen molar-refractivity contribution in [1.82, 2.24) is 10.2 Å². The van der Waals surface area contributed by atoms with Crippen LogP contribution >= 0.6 is 23.1 Å². The van der Waals surface area contributed by atoms with Crippen LogP contribution in [0.15, 0.2) is 107 Å². The molecule has 1 unspecified atom stereocenters. The number of hydrogen-bond donors (Lipinski definition) is 1. The summed E-state index contributed by atoms with van der Waals surface area (Å²) in [5.74, 6) is 0.740. The fraction of sp³-hybridized carbons (Fsp3) is 0.250. The van der Waals surface area contributed by atoms with E-state index in [9.17, 15) is 14.7 Å². The van der Waals surface area contributed by atoms with Crippen LogP contribution in [-0.2, 0) is 21.9 Å². The summed E-state index contributed by atoms with van der Waals surface area (Å²) in [7, 11) is 1.54. The molecule has 2 heterocycles. The molecule has 1 fully saturated rings. The Kier molecular flexibility index (Phi) is 11.4. The molecule has 1 saturated heterocycles. The van der Waals surface area contributed by atoms with Crippen molar-refractivity contribution in [2.45, 2.75) is 49.9 Å². The number of hydrogen-bond acceptors (Lipinski definition) is 10. The van der Waals surface area contributed by atoms with E-state index in [2.05, 4.69) is 30.1 Å². The number of aliphatic hydroxyl groups is 1. The minimum atomic E-state index is -1.01. The summed E-state index contributed by atoms with van der Waals surface area (Å²) in [5, 5.41) is 20.7. The third-order valence-corrected chi connectivity index (χ3v) is 10.5. The predicted molar refractivity (Wildman–Crippen MR) is 201 cm³/mol. The first-order chi connectivity index (χ1) is 24.7. The number of rotatable bonds is 14. The fourth-order valence-electron chi connectivity index (χ4n) is 5.63. The Morgan fingerprint density at radius 2 is 1.67 bits per heavy atom. The zero-order valence-electron chi connectivity index (χ0n) is 28.9. The number of ether oxygens (including phenoxy) is 3. The van der Waals surface area contributed by atoms with Gasteiger partial charge in [-0.2, -0.15) is 0 Å². The lowest BCUT2D eigenvalue weighted by Crippen LogP contribution is -2.29. The average molecular weight is 722 g/mol. The van der Waals surface area contributed by atoms with Gasteiger partial charge in [0.1, 0.15) is 18.1 Å². The Morgan fingerprint density at radius 3 is 2.39 bits per heavy atom. The SMILES string of the molecule is COc1cc(C2C(=C(O)c3ccc(OCc4cccc(C)c4)cc3)C(=O)C(=O)N2c2nnc(SCc3ccccc3)s2)ccc1OCCC(C)C. The van der Waals surface area contributed by atoms with E-state index >= 15 is 0 Å². The summed E-state index contributed by atoms with van der Waals surface area (Å²) in [5.41, 5.74) is 4.12. The molecule has 4 aromatic carbocycles. The van der Waals surface area contributed by atoms with Crippen LogP contribution in [0, 0.1) is 12.8 Å². The van der Waals surface area contributed by atoms with Crippen molar-refractivity contribution < 1.29 is 28.9 Å². The molecule has 11 heteroatoms. The van der Waals surface area contributed by atoms with Gasteiger partial charge in [0, 0.05) is 11.3 Å². The first kappa shape index (κ1) is 35.7. The minimum Gasteiger partial charge on any atom is -0.507 e. The number of aromatic nitrogens is 2. The number of ketones is 1. The largest absolute Gasteiger partial charge is 0.507 e. The van der Waals surface area contributed by atoms with Crippen molar-refractivity contribution in [3.63, 3.8) is 0 Å². The second-order valence-corrected chi connectivity index (χ2v) is 14.7. The summed E-state index contributed by atoms with van der Waals surface area (Å²) >= 11 is 2.70. The number of benzene rings is 4. The van der Waals surface area contributed by atoms with E-state index < -0.39 is 17.7 Å². The molecule has 0 aliphatic carbocycles. The fourth-order valence-corrected chi connectivity index (χ4v) is 7.46. The zero-order chi connectivity index (χ0) is 35.9. The van der Waals surface area contributed by atoms with Gasteiger partial charge in [-0.05, 0) is 72.4 Å². The highest BCUT2D eigenvalue weighted by molar-refractivity contribution is 8.00. The van der Waals surface area contributed by atoms with Crippen LogP contribution in [0.25, 0.3) is 5.76 Å². The number of carbonyl (C=O) groups is 2. The maximum atomic E-state index is 13.8. The molecule has 1 amide bonds. The molecule has 9 nitrogen and oxygen atoms in total. The van der Waals surface area contributed by atoms with Crippen LogP contribution in [-0.4, -0.2) is 40.7 Å². The van der Waals surface area contributed by atoms with E-state index in [1.807, 2.05) is 55.5 Å². The second kappa shape index (κ2) is 16.3. The number of aliphatic hydroxyl groups excluding tert-OH is 1. The Hall–Kier alpha value is -5.13. The molecule has 1 aromatic heterocycles. The van der Waals surface area contributed by atoms with Crippen molar-refractivity contribution in [1.29, 1.82) is 0 Å². The summed E-state index contributed by atoms with van der Waals surface area (Å²) < 4.78 is 18.3. The molecule has 1 atom stereocenters. The highest BCUT2D eigenvalue weighted by atomic mass is 32.2. The number of methoxy groups -OCH3 is 1. The first-order valence-electron chi connectivity index (χ1n) is 16.6. The van der Waals surface area contributed by atoms with Gasteiger partial charge in [-0.1, -0.05) is 103 Å². The van der Waals surface area contributed by atoms with Gasteiger partial charge >= 0.3 is 5.91 Å². The number of amides is 1. The predicted octanol–water partition coefficient (Wildman–Crippen LogP) is 8.78. The van der Waals surface area contributed by atoms with Gasteiger partial charge in [-0.25, -0.2) is 0 Å². The third kappa shape index (κ3) is 8.44. The number of carbonyl (C=O) groups excluding carboxylic acids is 2. The van der Waals surface area contributed by atoms with E-state index in [-0.39, 0.29) is 16.5 Å². The van der Waals surface area contributed by atoms with E-state index in [1.54, 1.807) is 42.5 Å². The topological polar surface area (TPSA) is 111 Å². The molecule has 0 spiro atoms. The van der Waals surface area contributed by atoms with Crippen LogP contribution in [0.3, 0.4) is 0 Å². The Bertz CT molecular complexity index is 2030. The van der Waals surface area contributed by atoms with E-state index in [0.717, 1.165) is 23.1 Å². The molecule has 0 radical (unpaired) electrons. The van der Waals surface area contributed by atoms with Crippen molar-refractivity contribution in [3.8, 4) is 17.2 Å². The van der Waals surface area contributed by atoms with Crippen LogP contribution < -0.4 is 19.1 Å². The molecular weight excluding hydrogens is 683 g/mol. The van der Waals surface area contributed by atoms with Crippen molar-refractivity contribution in [3.05, 3.63) is 130 Å². The summed E-state index contributed by atoms with van der Waals surface area (Å²) in [4.78, 5) is 29.0. The Balaban J connectivity index is 1.34. The normalized spacial score (nSPS) is 15.4. The minimum absolute atomic E-state index is 0.0716. The van der Waals surface area contributed by atoms with E-state index in [4.69, 9.17) is 14.2 Å². The van der Waals surface area contributed by atoms with Gasteiger partial charge in [0.15, 0.2) is 15.8 Å². The lowest BCUT2D eigenvalue weighted by Gasteiger charge is -2.23. The number of aryl methyl sites for hydroxylation is 1. The molecule has 1 aliphatic heterocycles. The summed E-state index contributed by atoms with van der Waals surface area (Å²) in [6, 6.07) is 29.1. The highest BCUT2D eigenvalue weighted by Crippen LogP contribution is 2.45. The maximum absolute atomic E-state index is 13.8. The van der Waals surface area contributed by atoms with Crippen molar-refractivity contribution in [2.24, 2.45) is 5.92 Å². The van der Waals surface area contributed by atoms with Gasteiger partial charge in [0.25, 0.3) is 5.78 Å². The second-order valence-electron chi connectivity index (χ2n) is 12.5. The number of anilines is 1. The molecule has 5 aromatic rings. The summed E-state index contributed by atoms with van der Waals surface area (Å²) in [6.07, 6.45) is 0.864. The lowest BCUT2D eigenvalue weighted by molar-refractivity contribution is -0.132. The number of Topliss-reactive ketones (excluding diaryl/α,β-unsaturated/α-hetero) is 1. The van der Waals surface area contributed by atoms with Crippen LogP contribution in [0.4, 0.5) is 5.13 Å². The van der Waals surface area contributed by atoms with Gasteiger partial charge < -0.3 is 19.3 Å². The van der Waals surface area contributed by atoms with Crippen molar-refractivity contribution >= 4 is 45.7 Å². The lowest BCUT2D eigenvalue weighted by atomic mass is 9.95. The summed E-state index contributed by atoms with van der Waals surface area (Å²) in [6.45, 7) is 7.16. The molecule has 1 N–H and O–H groups in total. The average Bonchev–Trinajstić information content (AvgIpc) is 3.71. The Labute approximate surface area is 305 Å². The third-order valence-electron chi connectivity index (χ3n) is 8.32.